The van der Waals surface area contributed by atoms with Crippen LogP contribution in [-0.4, -0.2) is 38.8 Å². The molecule has 1 amide bonds. The number of nitrogens with zero attached hydrogens (tertiary/aromatic N) is 3. The van der Waals surface area contributed by atoms with Crippen LogP contribution in [0.3, 0.4) is 0 Å². The zero-order valence-corrected chi connectivity index (χ0v) is 17.2. The molecular formula is C19H26N4OS2. The summed E-state index contributed by atoms with van der Waals surface area (Å²) in [5, 5.41) is 12.4. The number of carbonyl (C=O) groups is 1. The maximum Gasteiger partial charge on any atom is 0.233 e. The summed E-state index contributed by atoms with van der Waals surface area (Å²) in [4.78, 5) is 14.6. The largest absolute Gasteiger partial charge is 0.337 e. The monoisotopic (exact) mass is 390 g/mol. The molecular weight excluding hydrogens is 364 g/mol. The molecule has 0 aliphatic carbocycles. The van der Waals surface area contributed by atoms with E-state index in [4.69, 9.17) is 0 Å². The van der Waals surface area contributed by atoms with Gasteiger partial charge in [-0.05, 0) is 57.2 Å². The second-order valence-electron chi connectivity index (χ2n) is 6.77. The van der Waals surface area contributed by atoms with Crippen molar-refractivity contribution in [2.75, 3.05) is 11.1 Å². The van der Waals surface area contributed by atoms with Crippen LogP contribution in [0.15, 0.2) is 28.6 Å². The highest BCUT2D eigenvalue weighted by Crippen LogP contribution is 2.29. The summed E-state index contributed by atoms with van der Waals surface area (Å²) in [5.74, 6) is 0.628. The SMILES string of the molecule is CCc1ccc(Nc2nnc(SCC(=O)N3[C@H](C)CCC[C@H]3C)s2)cc1. The predicted molar refractivity (Wildman–Crippen MR) is 109 cm³/mol. The molecule has 1 aromatic heterocycles. The molecule has 5 nitrogen and oxygen atoms in total. The molecule has 1 aliphatic heterocycles. The zero-order chi connectivity index (χ0) is 18.5. The van der Waals surface area contributed by atoms with Gasteiger partial charge in [0.15, 0.2) is 4.34 Å². The lowest BCUT2D eigenvalue weighted by molar-refractivity contribution is -0.134. The van der Waals surface area contributed by atoms with Gasteiger partial charge in [-0.2, -0.15) is 0 Å². The Bertz CT molecular complexity index is 721. The summed E-state index contributed by atoms with van der Waals surface area (Å²) < 4.78 is 0.823. The number of likely N-dealkylation sites (tertiary alicyclic amines) is 1. The summed E-state index contributed by atoms with van der Waals surface area (Å²) in [6.45, 7) is 6.44. The van der Waals surface area contributed by atoms with Crippen molar-refractivity contribution in [1.29, 1.82) is 0 Å². The van der Waals surface area contributed by atoms with E-state index in [1.165, 1.54) is 35.1 Å². The molecule has 2 atom stereocenters. The second kappa shape index (κ2) is 8.86. The normalized spacial score (nSPS) is 20.2. The molecule has 2 heterocycles. The van der Waals surface area contributed by atoms with Crippen molar-refractivity contribution >= 4 is 39.8 Å². The van der Waals surface area contributed by atoms with Crippen LogP contribution in [0.1, 0.15) is 45.6 Å². The third-order valence-corrected chi connectivity index (χ3v) is 6.78. The van der Waals surface area contributed by atoms with Gasteiger partial charge in [-0.25, -0.2) is 0 Å². The van der Waals surface area contributed by atoms with Crippen LogP contribution < -0.4 is 5.32 Å². The summed E-state index contributed by atoms with van der Waals surface area (Å²) >= 11 is 2.96. The van der Waals surface area contributed by atoms with E-state index in [1.54, 1.807) is 0 Å². The molecule has 2 aromatic rings. The van der Waals surface area contributed by atoms with Gasteiger partial charge in [0.2, 0.25) is 11.0 Å². The standard InChI is InChI=1S/C19H26N4OS2/c1-4-15-8-10-16(11-9-15)20-18-21-22-19(26-18)25-12-17(24)23-13(2)6-5-7-14(23)3/h8-11,13-14H,4-7,12H2,1-3H3,(H,20,21)/t13-,14-/m1/s1. The van der Waals surface area contributed by atoms with Crippen LogP contribution in [-0.2, 0) is 11.2 Å². The van der Waals surface area contributed by atoms with Crippen molar-refractivity contribution in [1.82, 2.24) is 15.1 Å². The highest BCUT2D eigenvalue weighted by Gasteiger charge is 2.28. The summed E-state index contributed by atoms with van der Waals surface area (Å²) in [6.07, 6.45) is 4.45. The topological polar surface area (TPSA) is 58.1 Å². The van der Waals surface area contributed by atoms with Gasteiger partial charge in [0.1, 0.15) is 0 Å². The van der Waals surface area contributed by atoms with E-state index in [1.807, 2.05) is 4.90 Å². The highest BCUT2D eigenvalue weighted by atomic mass is 32.2. The molecule has 1 saturated heterocycles. The second-order valence-corrected chi connectivity index (χ2v) is 8.97. The first-order valence-electron chi connectivity index (χ1n) is 9.20. The average molecular weight is 391 g/mol. The van der Waals surface area contributed by atoms with Gasteiger partial charge in [0.25, 0.3) is 0 Å². The minimum atomic E-state index is 0.203. The van der Waals surface area contributed by atoms with Gasteiger partial charge in [-0.1, -0.05) is 42.2 Å². The molecule has 0 spiro atoms. The van der Waals surface area contributed by atoms with Crippen LogP contribution >= 0.6 is 23.1 Å². The number of carbonyl (C=O) groups excluding carboxylic acids is 1. The van der Waals surface area contributed by atoms with Crippen LogP contribution in [0.2, 0.25) is 0 Å². The molecule has 140 valence electrons. The Hall–Kier alpha value is -1.60. The van der Waals surface area contributed by atoms with Crippen molar-refractivity contribution in [3.8, 4) is 0 Å². The van der Waals surface area contributed by atoms with Crippen molar-refractivity contribution in [3.05, 3.63) is 29.8 Å². The van der Waals surface area contributed by atoms with Crippen molar-refractivity contribution < 1.29 is 4.79 Å². The number of aryl methyl sites for hydroxylation is 1. The molecule has 0 bridgehead atoms. The predicted octanol–water partition coefficient (Wildman–Crippen LogP) is 4.73. The number of thioether (sulfide) groups is 1. The van der Waals surface area contributed by atoms with Crippen LogP contribution in [0.5, 0.6) is 0 Å². The molecule has 0 saturated carbocycles. The third kappa shape index (κ3) is 4.76. The Morgan fingerprint density at radius 3 is 2.58 bits per heavy atom. The fraction of sp³-hybridized carbons (Fsp3) is 0.526. The average Bonchev–Trinajstić information content (AvgIpc) is 3.08. The number of aromatic nitrogens is 2. The number of hydrogen-bond donors (Lipinski definition) is 1. The van der Waals surface area contributed by atoms with Gasteiger partial charge >= 0.3 is 0 Å². The van der Waals surface area contributed by atoms with Gasteiger partial charge in [-0.3, -0.25) is 4.79 Å². The zero-order valence-electron chi connectivity index (χ0n) is 15.6. The first-order chi connectivity index (χ1) is 12.6. The Kier molecular flexibility index (Phi) is 6.53. The molecule has 0 unspecified atom stereocenters. The van der Waals surface area contributed by atoms with E-state index in [-0.39, 0.29) is 5.91 Å². The summed E-state index contributed by atoms with van der Waals surface area (Å²) in [5.41, 5.74) is 2.31. The molecule has 7 heteroatoms. The number of nitrogens with one attached hydrogen (secondary N) is 1. The molecule has 0 radical (unpaired) electrons. The van der Waals surface area contributed by atoms with E-state index in [0.29, 0.717) is 17.8 Å². The number of benzene rings is 1. The Labute approximate surface area is 163 Å². The van der Waals surface area contributed by atoms with Crippen LogP contribution in [0.25, 0.3) is 0 Å². The number of anilines is 2. The van der Waals surface area contributed by atoms with Crippen LogP contribution in [0.4, 0.5) is 10.8 Å². The van der Waals surface area contributed by atoms with E-state index in [0.717, 1.165) is 34.4 Å². The fourth-order valence-corrected chi connectivity index (χ4v) is 5.02. The molecule has 26 heavy (non-hydrogen) atoms. The van der Waals surface area contributed by atoms with E-state index < -0.39 is 0 Å². The highest BCUT2D eigenvalue weighted by molar-refractivity contribution is 8.01. The first-order valence-corrected chi connectivity index (χ1v) is 11.0. The van der Waals surface area contributed by atoms with Crippen molar-refractivity contribution in [2.24, 2.45) is 0 Å². The summed E-state index contributed by atoms with van der Waals surface area (Å²) in [6, 6.07) is 9.00. The van der Waals surface area contributed by atoms with Crippen molar-refractivity contribution in [2.45, 2.75) is 62.9 Å². The Morgan fingerprint density at radius 1 is 1.23 bits per heavy atom. The Morgan fingerprint density at radius 2 is 1.92 bits per heavy atom. The van der Waals surface area contributed by atoms with Gasteiger partial charge in [0, 0.05) is 17.8 Å². The summed E-state index contributed by atoms with van der Waals surface area (Å²) in [7, 11) is 0. The van der Waals surface area contributed by atoms with E-state index in [9.17, 15) is 4.79 Å². The molecule has 1 fully saturated rings. The minimum absolute atomic E-state index is 0.203. The maximum absolute atomic E-state index is 12.6. The van der Waals surface area contributed by atoms with Gasteiger partial charge in [-0.15, -0.1) is 10.2 Å². The van der Waals surface area contributed by atoms with Gasteiger partial charge in [0.05, 0.1) is 5.75 Å². The van der Waals surface area contributed by atoms with E-state index in [2.05, 4.69) is 60.6 Å². The molecule has 1 N–H and O–H groups in total. The first kappa shape index (κ1) is 19.2. The Balaban J connectivity index is 1.53. The van der Waals surface area contributed by atoms with E-state index >= 15 is 0 Å². The molecule has 1 aromatic carbocycles. The van der Waals surface area contributed by atoms with Gasteiger partial charge < -0.3 is 10.2 Å². The van der Waals surface area contributed by atoms with Crippen LogP contribution in [0, 0.1) is 0 Å². The van der Waals surface area contributed by atoms with Crippen molar-refractivity contribution in [3.63, 3.8) is 0 Å². The number of rotatable bonds is 6. The molecule has 3 rings (SSSR count). The maximum atomic E-state index is 12.6. The quantitative estimate of drug-likeness (QED) is 0.723. The number of amides is 1. The third-order valence-electron chi connectivity index (χ3n) is 4.82. The lowest BCUT2D eigenvalue weighted by Crippen LogP contribution is -2.48. The minimum Gasteiger partial charge on any atom is -0.337 e. The lowest BCUT2D eigenvalue weighted by atomic mass is 9.98. The fourth-order valence-electron chi connectivity index (χ4n) is 3.38. The number of piperidine rings is 1. The number of hydrogen-bond acceptors (Lipinski definition) is 6. The smallest absolute Gasteiger partial charge is 0.233 e. The lowest BCUT2D eigenvalue weighted by Gasteiger charge is -2.39. The molecule has 1 aliphatic rings.